The van der Waals surface area contributed by atoms with Gasteiger partial charge in [-0.2, -0.15) is 0 Å². The topological polar surface area (TPSA) is 60.7 Å². The fourth-order valence-electron chi connectivity index (χ4n) is 5.21. The minimum Gasteiger partial charge on any atom is -0.396 e. The Bertz CT molecular complexity index is 286. The van der Waals surface area contributed by atoms with Crippen LogP contribution in [0.4, 0.5) is 0 Å². The van der Waals surface area contributed by atoms with Gasteiger partial charge in [0.25, 0.3) is 0 Å². The SMILES string of the molecule is OCC12CC3(O)CC(I)(C1)CC(CO)(C3)C2. The Morgan fingerprint density at radius 3 is 1.69 bits per heavy atom. The molecular formula is C12H19IO3. The van der Waals surface area contributed by atoms with Crippen molar-refractivity contribution in [1.82, 2.24) is 0 Å². The second kappa shape index (κ2) is 3.13. The van der Waals surface area contributed by atoms with Gasteiger partial charge in [0.1, 0.15) is 0 Å². The number of hydrogen-bond donors (Lipinski definition) is 3. The molecule has 4 heteroatoms. The van der Waals surface area contributed by atoms with Crippen molar-refractivity contribution in [3.8, 4) is 0 Å². The Hall–Kier alpha value is 0.610. The third-order valence-electron chi connectivity index (χ3n) is 4.86. The summed E-state index contributed by atoms with van der Waals surface area (Å²) < 4.78 is 0.0900. The minimum atomic E-state index is -0.638. The smallest absolute Gasteiger partial charge is 0.0672 e. The lowest BCUT2D eigenvalue weighted by molar-refractivity contribution is -0.206. The van der Waals surface area contributed by atoms with Crippen molar-refractivity contribution in [2.45, 2.75) is 47.5 Å². The van der Waals surface area contributed by atoms with Crippen molar-refractivity contribution in [2.75, 3.05) is 13.2 Å². The van der Waals surface area contributed by atoms with Gasteiger partial charge in [0.05, 0.1) is 5.60 Å². The van der Waals surface area contributed by atoms with Crippen LogP contribution < -0.4 is 0 Å². The van der Waals surface area contributed by atoms with Crippen molar-refractivity contribution in [1.29, 1.82) is 0 Å². The average Bonchev–Trinajstić information content (AvgIpc) is 2.12. The molecule has 4 bridgehead atoms. The Labute approximate surface area is 109 Å². The first kappa shape index (κ1) is 11.7. The molecule has 0 saturated heterocycles. The molecule has 0 aromatic heterocycles. The molecule has 0 radical (unpaired) electrons. The van der Waals surface area contributed by atoms with Crippen LogP contribution in [0, 0.1) is 10.8 Å². The van der Waals surface area contributed by atoms with Crippen LogP contribution >= 0.6 is 22.6 Å². The Morgan fingerprint density at radius 1 is 0.812 bits per heavy atom. The average molecular weight is 338 g/mol. The van der Waals surface area contributed by atoms with Gasteiger partial charge in [-0.15, -0.1) is 0 Å². The lowest BCUT2D eigenvalue weighted by atomic mass is 9.43. The van der Waals surface area contributed by atoms with E-state index in [4.69, 9.17) is 0 Å². The van der Waals surface area contributed by atoms with Crippen LogP contribution in [0.2, 0.25) is 0 Å². The van der Waals surface area contributed by atoms with Crippen LogP contribution in [0.5, 0.6) is 0 Å². The van der Waals surface area contributed by atoms with E-state index in [-0.39, 0.29) is 27.5 Å². The van der Waals surface area contributed by atoms with E-state index >= 15 is 0 Å². The van der Waals surface area contributed by atoms with Crippen molar-refractivity contribution < 1.29 is 15.3 Å². The minimum absolute atomic E-state index is 0.0900. The van der Waals surface area contributed by atoms with E-state index in [0.29, 0.717) is 0 Å². The molecule has 0 aliphatic heterocycles. The standard InChI is InChI=1S/C12H19IO3/c13-11-2-9(7-14)1-10(3-11,8-15)5-12(16,4-9)6-11/h14-16H,1-8H2. The lowest BCUT2D eigenvalue weighted by Gasteiger charge is -2.67. The van der Waals surface area contributed by atoms with E-state index in [2.05, 4.69) is 22.6 Å². The monoisotopic (exact) mass is 338 g/mol. The number of aliphatic hydroxyl groups is 3. The maximum absolute atomic E-state index is 10.6. The van der Waals surface area contributed by atoms with Gasteiger partial charge in [0.2, 0.25) is 0 Å². The maximum atomic E-state index is 10.6. The number of aliphatic hydroxyl groups excluding tert-OH is 2. The van der Waals surface area contributed by atoms with Gasteiger partial charge < -0.3 is 15.3 Å². The Balaban J connectivity index is 2.06. The first-order valence-electron chi connectivity index (χ1n) is 5.99. The molecule has 92 valence electrons. The highest BCUT2D eigenvalue weighted by atomic mass is 127. The molecule has 2 atom stereocenters. The van der Waals surface area contributed by atoms with Crippen molar-refractivity contribution >= 4 is 22.6 Å². The Morgan fingerprint density at radius 2 is 1.31 bits per heavy atom. The first-order chi connectivity index (χ1) is 7.36. The molecule has 4 saturated carbocycles. The van der Waals surface area contributed by atoms with Gasteiger partial charge in [0, 0.05) is 16.6 Å². The fourth-order valence-corrected chi connectivity index (χ4v) is 7.54. The van der Waals surface area contributed by atoms with Gasteiger partial charge in [0.15, 0.2) is 0 Å². The Kier molecular flexibility index (Phi) is 2.29. The molecule has 3 nitrogen and oxygen atoms in total. The molecule has 4 fully saturated rings. The van der Waals surface area contributed by atoms with Crippen LogP contribution in [-0.4, -0.2) is 37.6 Å². The predicted molar refractivity (Wildman–Crippen MR) is 68.4 cm³/mol. The molecule has 0 spiro atoms. The highest BCUT2D eigenvalue weighted by molar-refractivity contribution is 14.1. The third kappa shape index (κ3) is 1.49. The summed E-state index contributed by atoms with van der Waals surface area (Å²) in [7, 11) is 0. The first-order valence-corrected chi connectivity index (χ1v) is 7.07. The molecule has 4 aliphatic carbocycles. The van der Waals surface area contributed by atoms with Crippen LogP contribution in [0.25, 0.3) is 0 Å². The van der Waals surface area contributed by atoms with E-state index < -0.39 is 5.60 Å². The van der Waals surface area contributed by atoms with Crippen LogP contribution in [-0.2, 0) is 0 Å². The molecule has 0 aromatic rings. The highest BCUT2D eigenvalue weighted by Gasteiger charge is 2.67. The number of rotatable bonds is 2. The van der Waals surface area contributed by atoms with Crippen molar-refractivity contribution in [3.63, 3.8) is 0 Å². The van der Waals surface area contributed by atoms with Gasteiger partial charge >= 0.3 is 0 Å². The van der Waals surface area contributed by atoms with Gasteiger partial charge in [-0.05, 0) is 49.4 Å². The summed E-state index contributed by atoms with van der Waals surface area (Å²) in [4.78, 5) is 0. The van der Waals surface area contributed by atoms with Gasteiger partial charge in [-0.1, -0.05) is 22.6 Å². The fraction of sp³-hybridized carbons (Fsp3) is 1.00. The second-order valence-electron chi connectivity index (χ2n) is 6.75. The number of hydrogen-bond acceptors (Lipinski definition) is 3. The second-order valence-corrected chi connectivity index (χ2v) is 9.04. The lowest BCUT2D eigenvalue weighted by Crippen LogP contribution is -2.66. The number of alkyl halides is 1. The van der Waals surface area contributed by atoms with Crippen LogP contribution in [0.1, 0.15) is 38.5 Å². The summed E-state index contributed by atoms with van der Waals surface area (Å²) >= 11 is 2.46. The van der Waals surface area contributed by atoms with Gasteiger partial charge in [-0.25, -0.2) is 0 Å². The molecule has 4 aliphatic rings. The summed E-state index contributed by atoms with van der Waals surface area (Å²) in [5.41, 5.74) is -0.901. The molecule has 16 heavy (non-hydrogen) atoms. The van der Waals surface area contributed by atoms with E-state index in [1.165, 1.54) is 0 Å². The van der Waals surface area contributed by atoms with E-state index in [9.17, 15) is 15.3 Å². The molecule has 3 N–H and O–H groups in total. The van der Waals surface area contributed by atoms with E-state index in [1.54, 1.807) is 0 Å². The van der Waals surface area contributed by atoms with Crippen LogP contribution in [0.3, 0.4) is 0 Å². The molecule has 0 amide bonds. The van der Waals surface area contributed by atoms with E-state index in [0.717, 1.165) is 38.5 Å². The molecule has 2 unspecified atom stereocenters. The summed E-state index contributed by atoms with van der Waals surface area (Å²) in [6.07, 6.45) is 5.18. The summed E-state index contributed by atoms with van der Waals surface area (Å²) in [5, 5.41) is 30.0. The normalized spacial score (nSPS) is 59.2. The zero-order valence-corrected chi connectivity index (χ0v) is 11.5. The molecule has 0 heterocycles. The maximum Gasteiger partial charge on any atom is 0.0672 e. The summed E-state index contributed by atoms with van der Waals surface area (Å²) in [5.74, 6) is 0. The zero-order chi connectivity index (χ0) is 11.7. The van der Waals surface area contributed by atoms with Crippen molar-refractivity contribution in [2.24, 2.45) is 10.8 Å². The molecule has 0 aromatic carbocycles. The highest BCUT2D eigenvalue weighted by Crippen LogP contribution is 2.69. The summed E-state index contributed by atoms with van der Waals surface area (Å²) in [6, 6.07) is 0. The molecule has 4 rings (SSSR count). The number of halogens is 1. The van der Waals surface area contributed by atoms with Gasteiger partial charge in [-0.3, -0.25) is 0 Å². The van der Waals surface area contributed by atoms with Crippen molar-refractivity contribution in [3.05, 3.63) is 0 Å². The predicted octanol–water partition coefficient (Wildman–Crippen LogP) is 1.23. The quantitative estimate of drug-likeness (QED) is 0.524. The zero-order valence-electron chi connectivity index (χ0n) is 9.38. The van der Waals surface area contributed by atoms with Crippen LogP contribution in [0.15, 0.2) is 0 Å². The third-order valence-corrected chi connectivity index (χ3v) is 6.00. The largest absolute Gasteiger partial charge is 0.396 e. The summed E-state index contributed by atoms with van der Waals surface area (Å²) in [6.45, 7) is 0.309. The molecular weight excluding hydrogens is 319 g/mol. The van der Waals surface area contributed by atoms with E-state index in [1.807, 2.05) is 0 Å².